The summed E-state index contributed by atoms with van der Waals surface area (Å²) < 4.78 is 2.02. The molecule has 0 radical (unpaired) electrons. The predicted molar refractivity (Wildman–Crippen MR) is 131 cm³/mol. The summed E-state index contributed by atoms with van der Waals surface area (Å²) in [5, 5.41) is 0. The topological polar surface area (TPSA) is 55.2 Å². The molecule has 0 N–H and O–H groups in total. The van der Waals surface area contributed by atoms with Gasteiger partial charge in [0.05, 0.1) is 11.0 Å². The van der Waals surface area contributed by atoms with Crippen LogP contribution < -0.4 is 0 Å². The highest BCUT2D eigenvalue weighted by atomic mass is 16.2. The summed E-state index contributed by atoms with van der Waals surface area (Å²) in [7, 11) is 1.97. The average Bonchev–Trinajstić information content (AvgIpc) is 3.09. The number of carbonyl (C=O) groups is 2. The standard InChI is InChI=1S/C27H35N3O2/c1-18(2)13-15-30(16-14-19(3)4)27(32)23-11-12-24-25(17-23)29(6)26(28-24)22-9-7-21(8-10-22)20(5)31/h7-12,17-19H,13-16H2,1-6H3. The molecule has 0 bridgehead atoms. The van der Waals surface area contributed by atoms with Crippen LogP contribution in [0.15, 0.2) is 42.5 Å². The number of fused-ring (bicyclic) bond motifs is 1. The summed E-state index contributed by atoms with van der Waals surface area (Å²) in [4.78, 5) is 31.7. The van der Waals surface area contributed by atoms with Crippen molar-refractivity contribution in [3.63, 3.8) is 0 Å². The van der Waals surface area contributed by atoms with Gasteiger partial charge in [0, 0.05) is 36.8 Å². The quantitative estimate of drug-likeness (QED) is 0.390. The van der Waals surface area contributed by atoms with E-state index in [9.17, 15) is 9.59 Å². The minimum Gasteiger partial charge on any atom is -0.339 e. The van der Waals surface area contributed by atoms with Crippen LogP contribution in [-0.2, 0) is 7.05 Å². The van der Waals surface area contributed by atoms with E-state index in [2.05, 4.69) is 27.7 Å². The first-order chi connectivity index (χ1) is 15.2. The molecule has 2 aromatic carbocycles. The SMILES string of the molecule is CC(=O)c1ccc(-c2nc3ccc(C(=O)N(CCC(C)C)CCC(C)C)cc3n2C)cc1. The Kier molecular flexibility index (Phi) is 7.49. The number of carbonyl (C=O) groups excluding carboxylic acids is 2. The van der Waals surface area contributed by atoms with Gasteiger partial charge < -0.3 is 9.47 Å². The summed E-state index contributed by atoms with van der Waals surface area (Å²) >= 11 is 0. The maximum absolute atomic E-state index is 13.4. The second-order valence-corrected chi connectivity index (χ2v) is 9.49. The van der Waals surface area contributed by atoms with E-state index in [1.54, 1.807) is 6.92 Å². The van der Waals surface area contributed by atoms with E-state index in [-0.39, 0.29) is 11.7 Å². The Morgan fingerprint density at radius 1 is 0.906 bits per heavy atom. The number of ketones is 1. The molecule has 0 aliphatic heterocycles. The number of amides is 1. The van der Waals surface area contributed by atoms with Gasteiger partial charge in [-0.2, -0.15) is 0 Å². The number of hydrogen-bond acceptors (Lipinski definition) is 3. The van der Waals surface area contributed by atoms with E-state index in [1.807, 2.05) is 59.0 Å². The zero-order chi connectivity index (χ0) is 23.4. The van der Waals surface area contributed by atoms with Gasteiger partial charge in [-0.05, 0) is 49.8 Å². The molecular formula is C27H35N3O2. The molecule has 5 heteroatoms. The van der Waals surface area contributed by atoms with Crippen LogP contribution >= 0.6 is 0 Å². The molecule has 170 valence electrons. The Hall–Kier alpha value is -2.95. The van der Waals surface area contributed by atoms with Gasteiger partial charge in [-0.3, -0.25) is 9.59 Å². The summed E-state index contributed by atoms with van der Waals surface area (Å²) in [6, 6.07) is 13.3. The summed E-state index contributed by atoms with van der Waals surface area (Å²) in [5.41, 5.74) is 4.10. The highest BCUT2D eigenvalue weighted by molar-refractivity contribution is 5.98. The van der Waals surface area contributed by atoms with E-state index in [4.69, 9.17) is 4.98 Å². The Morgan fingerprint density at radius 3 is 2.00 bits per heavy atom. The van der Waals surface area contributed by atoms with Crippen molar-refractivity contribution in [3.8, 4) is 11.4 Å². The normalized spacial score (nSPS) is 11.5. The molecule has 3 rings (SSSR count). The van der Waals surface area contributed by atoms with Crippen molar-refractivity contribution < 1.29 is 9.59 Å². The third-order valence-electron chi connectivity index (χ3n) is 5.92. The van der Waals surface area contributed by atoms with Crippen LogP contribution in [0.25, 0.3) is 22.4 Å². The van der Waals surface area contributed by atoms with Crippen LogP contribution in [0.1, 0.15) is 68.2 Å². The third-order valence-corrected chi connectivity index (χ3v) is 5.92. The smallest absolute Gasteiger partial charge is 0.253 e. The van der Waals surface area contributed by atoms with Crippen LogP contribution in [0.4, 0.5) is 0 Å². The van der Waals surface area contributed by atoms with Gasteiger partial charge in [-0.1, -0.05) is 52.0 Å². The highest BCUT2D eigenvalue weighted by Gasteiger charge is 2.19. The van der Waals surface area contributed by atoms with E-state index < -0.39 is 0 Å². The molecule has 0 saturated heterocycles. The lowest BCUT2D eigenvalue weighted by molar-refractivity contribution is 0.0740. The molecule has 0 aliphatic carbocycles. The number of rotatable bonds is 9. The largest absolute Gasteiger partial charge is 0.339 e. The first-order valence-corrected chi connectivity index (χ1v) is 11.5. The Bertz CT molecular complexity index is 1080. The molecule has 0 spiro atoms. The van der Waals surface area contributed by atoms with Crippen molar-refractivity contribution in [2.75, 3.05) is 13.1 Å². The van der Waals surface area contributed by atoms with Crippen LogP contribution in [0.5, 0.6) is 0 Å². The van der Waals surface area contributed by atoms with Crippen LogP contribution in [0, 0.1) is 11.8 Å². The Balaban J connectivity index is 1.91. The lowest BCUT2D eigenvalue weighted by Gasteiger charge is -2.24. The van der Waals surface area contributed by atoms with Gasteiger partial charge in [0.25, 0.3) is 5.91 Å². The van der Waals surface area contributed by atoms with E-state index >= 15 is 0 Å². The molecule has 0 saturated carbocycles. The minimum atomic E-state index is 0.0455. The second-order valence-electron chi connectivity index (χ2n) is 9.49. The fraction of sp³-hybridized carbons (Fsp3) is 0.444. The van der Waals surface area contributed by atoms with Gasteiger partial charge in [0.15, 0.2) is 5.78 Å². The van der Waals surface area contributed by atoms with Crippen molar-refractivity contribution in [3.05, 3.63) is 53.6 Å². The molecule has 1 heterocycles. The van der Waals surface area contributed by atoms with E-state index in [1.165, 1.54) is 0 Å². The van der Waals surface area contributed by atoms with Gasteiger partial charge in [0.2, 0.25) is 0 Å². The lowest BCUT2D eigenvalue weighted by Crippen LogP contribution is -2.34. The number of aryl methyl sites for hydroxylation is 1. The highest BCUT2D eigenvalue weighted by Crippen LogP contribution is 2.25. The predicted octanol–water partition coefficient (Wildman–Crippen LogP) is 5.98. The summed E-state index contributed by atoms with van der Waals surface area (Å²) in [5.74, 6) is 2.06. The minimum absolute atomic E-state index is 0.0455. The van der Waals surface area contributed by atoms with Gasteiger partial charge in [-0.25, -0.2) is 4.98 Å². The monoisotopic (exact) mass is 433 g/mol. The maximum atomic E-state index is 13.4. The first kappa shape index (κ1) is 23.7. The lowest BCUT2D eigenvalue weighted by atomic mass is 10.1. The van der Waals surface area contributed by atoms with Gasteiger partial charge in [0.1, 0.15) is 5.82 Å². The zero-order valence-corrected chi connectivity index (χ0v) is 20.2. The molecule has 3 aromatic rings. The fourth-order valence-corrected chi connectivity index (χ4v) is 3.76. The molecule has 1 amide bonds. The molecule has 0 fully saturated rings. The molecule has 0 atom stereocenters. The fourth-order valence-electron chi connectivity index (χ4n) is 3.76. The molecular weight excluding hydrogens is 398 g/mol. The zero-order valence-electron chi connectivity index (χ0n) is 20.2. The molecule has 1 aromatic heterocycles. The second kappa shape index (κ2) is 10.1. The van der Waals surface area contributed by atoms with Gasteiger partial charge >= 0.3 is 0 Å². The molecule has 5 nitrogen and oxygen atoms in total. The number of Topliss-reactive ketones (excluding diaryl/α,β-unsaturated/α-hetero) is 1. The van der Waals surface area contributed by atoms with E-state index in [0.717, 1.165) is 48.4 Å². The maximum Gasteiger partial charge on any atom is 0.253 e. The number of benzene rings is 2. The number of hydrogen-bond donors (Lipinski definition) is 0. The van der Waals surface area contributed by atoms with Crippen molar-refractivity contribution in [1.82, 2.24) is 14.5 Å². The van der Waals surface area contributed by atoms with Crippen molar-refractivity contribution >= 4 is 22.7 Å². The Labute approximate surface area is 191 Å². The molecule has 32 heavy (non-hydrogen) atoms. The van der Waals surface area contributed by atoms with Crippen molar-refractivity contribution in [2.24, 2.45) is 18.9 Å². The van der Waals surface area contributed by atoms with E-state index in [0.29, 0.717) is 23.0 Å². The number of nitrogens with zero attached hydrogens (tertiary/aromatic N) is 3. The van der Waals surface area contributed by atoms with Gasteiger partial charge in [-0.15, -0.1) is 0 Å². The summed E-state index contributed by atoms with van der Waals surface area (Å²) in [6.07, 6.45) is 2.00. The third kappa shape index (κ3) is 5.45. The number of imidazole rings is 1. The molecule has 0 unspecified atom stereocenters. The average molecular weight is 434 g/mol. The molecule has 0 aliphatic rings. The van der Waals surface area contributed by atoms with Crippen LogP contribution in [0.3, 0.4) is 0 Å². The summed E-state index contributed by atoms with van der Waals surface area (Å²) in [6.45, 7) is 11.9. The van der Waals surface area contributed by atoms with Crippen molar-refractivity contribution in [1.29, 1.82) is 0 Å². The number of aromatic nitrogens is 2. The first-order valence-electron chi connectivity index (χ1n) is 11.5. The van der Waals surface area contributed by atoms with Crippen LogP contribution in [0.2, 0.25) is 0 Å². The van der Waals surface area contributed by atoms with Crippen molar-refractivity contribution in [2.45, 2.75) is 47.5 Å². The Morgan fingerprint density at radius 2 is 1.47 bits per heavy atom. The van der Waals surface area contributed by atoms with Crippen LogP contribution in [-0.4, -0.2) is 39.2 Å².